The van der Waals surface area contributed by atoms with Crippen LogP contribution in [-0.4, -0.2) is 17.4 Å². The first-order chi connectivity index (χ1) is 9.64. The standard InChI is InChI=1S/C15H12N2O2S/c1-2-12-8-10-16-15-14(12)9-11-17(15)20(18,19)13-6-4-3-5-7-13/h2-11H,1H2. The minimum Gasteiger partial charge on any atom is -0.237 e. The summed E-state index contributed by atoms with van der Waals surface area (Å²) in [6.07, 6.45) is 4.78. The highest BCUT2D eigenvalue weighted by Crippen LogP contribution is 2.23. The van der Waals surface area contributed by atoms with E-state index in [9.17, 15) is 8.42 Å². The third-order valence-electron chi connectivity index (χ3n) is 3.11. The highest BCUT2D eigenvalue weighted by molar-refractivity contribution is 7.90. The van der Waals surface area contributed by atoms with Gasteiger partial charge in [-0.1, -0.05) is 30.9 Å². The van der Waals surface area contributed by atoms with Crippen LogP contribution in [0.5, 0.6) is 0 Å². The normalized spacial score (nSPS) is 11.6. The second kappa shape index (κ2) is 4.61. The number of nitrogens with zero attached hydrogens (tertiary/aromatic N) is 2. The lowest BCUT2D eigenvalue weighted by Gasteiger charge is -2.07. The van der Waals surface area contributed by atoms with Crippen LogP contribution in [0, 0.1) is 0 Å². The van der Waals surface area contributed by atoms with Crippen molar-refractivity contribution in [3.05, 3.63) is 67.0 Å². The Hall–Kier alpha value is -2.40. The van der Waals surface area contributed by atoms with Gasteiger partial charge in [-0.05, 0) is 29.8 Å². The summed E-state index contributed by atoms with van der Waals surface area (Å²) in [5.74, 6) is 0. The average molecular weight is 284 g/mol. The fraction of sp³-hybridized carbons (Fsp3) is 0. The second-order valence-corrected chi connectivity index (χ2v) is 6.09. The quantitative estimate of drug-likeness (QED) is 0.743. The molecule has 2 heterocycles. The van der Waals surface area contributed by atoms with Crippen LogP contribution in [0.3, 0.4) is 0 Å². The molecule has 0 aliphatic carbocycles. The summed E-state index contributed by atoms with van der Waals surface area (Å²) in [4.78, 5) is 4.42. The third-order valence-corrected chi connectivity index (χ3v) is 4.79. The van der Waals surface area contributed by atoms with Crippen molar-refractivity contribution in [2.45, 2.75) is 4.90 Å². The van der Waals surface area contributed by atoms with Gasteiger partial charge in [-0.2, -0.15) is 0 Å². The third kappa shape index (κ3) is 1.83. The Kier molecular flexibility index (Phi) is 2.91. The first-order valence-electron chi connectivity index (χ1n) is 6.04. The molecule has 1 aromatic carbocycles. The monoisotopic (exact) mass is 284 g/mol. The van der Waals surface area contributed by atoms with Crippen molar-refractivity contribution in [3.8, 4) is 0 Å². The zero-order chi connectivity index (χ0) is 14.2. The van der Waals surface area contributed by atoms with Crippen LogP contribution >= 0.6 is 0 Å². The SMILES string of the molecule is C=Cc1ccnc2c1ccn2S(=O)(=O)c1ccccc1. The van der Waals surface area contributed by atoms with E-state index >= 15 is 0 Å². The summed E-state index contributed by atoms with van der Waals surface area (Å²) in [6, 6.07) is 11.8. The molecule has 0 N–H and O–H groups in total. The number of benzene rings is 1. The average Bonchev–Trinajstić information content (AvgIpc) is 2.92. The van der Waals surface area contributed by atoms with Gasteiger partial charge in [0.1, 0.15) is 0 Å². The Labute approximate surface area is 117 Å². The summed E-state index contributed by atoms with van der Waals surface area (Å²) in [5, 5.41) is 0.766. The zero-order valence-corrected chi connectivity index (χ0v) is 11.4. The molecule has 0 amide bonds. The van der Waals surface area contributed by atoms with Crippen LogP contribution in [0.25, 0.3) is 17.1 Å². The van der Waals surface area contributed by atoms with E-state index < -0.39 is 10.0 Å². The molecule has 0 unspecified atom stereocenters. The van der Waals surface area contributed by atoms with Crippen LogP contribution < -0.4 is 0 Å². The lowest BCUT2D eigenvalue weighted by atomic mass is 10.2. The molecule has 20 heavy (non-hydrogen) atoms. The number of pyridine rings is 1. The molecule has 5 heteroatoms. The van der Waals surface area contributed by atoms with E-state index in [1.807, 2.05) is 0 Å². The van der Waals surface area contributed by atoms with Crippen molar-refractivity contribution in [1.29, 1.82) is 0 Å². The Morgan fingerprint density at radius 2 is 1.85 bits per heavy atom. The molecule has 0 spiro atoms. The zero-order valence-electron chi connectivity index (χ0n) is 10.6. The van der Waals surface area contributed by atoms with E-state index in [0.29, 0.717) is 5.65 Å². The molecule has 0 fully saturated rings. The van der Waals surface area contributed by atoms with Gasteiger partial charge in [0.05, 0.1) is 4.90 Å². The molecule has 0 radical (unpaired) electrons. The first-order valence-corrected chi connectivity index (χ1v) is 7.48. The lowest BCUT2D eigenvalue weighted by Crippen LogP contribution is -2.12. The predicted molar refractivity (Wildman–Crippen MR) is 78.8 cm³/mol. The highest BCUT2D eigenvalue weighted by Gasteiger charge is 2.19. The molecular formula is C15H12N2O2S. The summed E-state index contributed by atoms with van der Waals surface area (Å²) in [5.41, 5.74) is 1.27. The van der Waals surface area contributed by atoms with E-state index in [2.05, 4.69) is 11.6 Å². The van der Waals surface area contributed by atoms with Crippen molar-refractivity contribution < 1.29 is 8.42 Å². The van der Waals surface area contributed by atoms with Gasteiger partial charge in [-0.3, -0.25) is 0 Å². The topological polar surface area (TPSA) is 52.0 Å². The molecule has 0 saturated heterocycles. The molecule has 0 bridgehead atoms. The van der Waals surface area contributed by atoms with Gasteiger partial charge < -0.3 is 0 Å². The minimum absolute atomic E-state index is 0.239. The molecular weight excluding hydrogens is 272 g/mol. The van der Waals surface area contributed by atoms with E-state index in [0.717, 1.165) is 10.9 Å². The maximum absolute atomic E-state index is 12.6. The molecule has 3 aromatic rings. The largest absolute Gasteiger partial charge is 0.269 e. The molecule has 2 aromatic heterocycles. The Balaban J connectivity index is 2.29. The number of hydrogen-bond acceptors (Lipinski definition) is 3. The van der Waals surface area contributed by atoms with Crippen molar-refractivity contribution in [3.63, 3.8) is 0 Å². The second-order valence-electron chi connectivity index (χ2n) is 4.27. The molecule has 0 aliphatic heterocycles. The fourth-order valence-electron chi connectivity index (χ4n) is 2.11. The van der Waals surface area contributed by atoms with Crippen LogP contribution in [-0.2, 0) is 10.0 Å². The van der Waals surface area contributed by atoms with E-state index in [1.54, 1.807) is 54.7 Å². The van der Waals surface area contributed by atoms with Crippen molar-refractivity contribution in [2.75, 3.05) is 0 Å². The summed E-state index contributed by atoms with van der Waals surface area (Å²) in [7, 11) is -3.63. The van der Waals surface area contributed by atoms with E-state index in [1.165, 1.54) is 10.2 Å². The smallest absolute Gasteiger partial charge is 0.237 e. The highest BCUT2D eigenvalue weighted by atomic mass is 32.2. The van der Waals surface area contributed by atoms with Gasteiger partial charge in [0.2, 0.25) is 0 Å². The summed E-state index contributed by atoms with van der Waals surface area (Å²) < 4.78 is 26.4. The van der Waals surface area contributed by atoms with Crippen molar-refractivity contribution >= 4 is 27.1 Å². The minimum atomic E-state index is -3.63. The van der Waals surface area contributed by atoms with Gasteiger partial charge in [0.15, 0.2) is 5.65 Å². The van der Waals surface area contributed by atoms with Gasteiger partial charge in [-0.15, -0.1) is 0 Å². The van der Waals surface area contributed by atoms with E-state index in [-0.39, 0.29) is 4.90 Å². The van der Waals surface area contributed by atoms with Gasteiger partial charge in [0.25, 0.3) is 10.0 Å². The van der Waals surface area contributed by atoms with Gasteiger partial charge >= 0.3 is 0 Å². The van der Waals surface area contributed by atoms with E-state index in [4.69, 9.17) is 0 Å². The van der Waals surface area contributed by atoms with Crippen LogP contribution in [0.15, 0.2) is 66.3 Å². The van der Waals surface area contributed by atoms with Crippen molar-refractivity contribution in [2.24, 2.45) is 0 Å². The van der Waals surface area contributed by atoms with Gasteiger partial charge in [-0.25, -0.2) is 17.4 Å². The summed E-state index contributed by atoms with van der Waals surface area (Å²) in [6.45, 7) is 3.72. The molecule has 0 aliphatic rings. The number of fused-ring (bicyclic) bond motifs is 1. The first kappa shape index (κ1) is 12.6. The Bertz CT molecular complexity index is 881. The molecule has 4 nitrogen and oxygen atoms in total. The fourth-order valence-corrected chi connectivity index (χ4v) is 3.44. The maximum atomic E-state index is 12.6. The molecule has 3 rings (SSSR count). The maximum Gasteiger partial charge on any atom is 0.269 e. The number of aromatic nitrogens is 2. The van der Waals surface area contributed by atoms with Gasteiger partial charge in [0, 0.05) is 17.8 Å². The molecule has 100 valence electrons. The predicted octanol–water partition coefficient (Wildman–Crippen LogP) is 2.92. The lowest BCUT2D eigenvalue weighted by molar-refractivity contribution is 0.589. The van der Waals surface area contributed by atoms with Crippen LogP contribution in [0.1, 0.15) is 5.56 Å². The van der Waals surface area contributed by atoms with Crippen molar-refractivity contribution in [1.82, 2.24) is 8.96 Å². The van der Waals surface area contributed by atoms with Crippen LogP contribution in [0.4, 0.5) is 0 Å². The summed E-state index contributed by atoms with van der Waals surface area (Å²) >= 11 is 0. The van der Waals surface area contributed by atoms with Crippen LogP contribution in [0.2, 0.25) is 0 Å². The Morgan fingerprint density at radius 3 is 2.55 bits per heavy atom. The Morgan fingerprint density at radius 1 is 1.10 bits per heavy atom. The number of hydrogen-bond donors (Lipinski definition) is 0. The molecule has 0 saturated carbocycles. The number of rotatable bonds is 3. The molecule has 0 atom stereocenters.